The molecule has 2 fully saturated rings. The minimum Gasteiger partial charge on any atom is -0.378 e. The van der Waals surface area contributed by atoms with Gasteiger partial charge in [0.1, 0.15) is 40.7 Å². The number of benzene rings is 3. The van der Waals surface area contributed by atoms with Gasteiger partial charge in [0.05, 0.1) is 64.6 Å². The Kier molecular flexibility index (Phi) is 25.1. The molecule has 0 radical (unpaired) electrons. The molecule has 24 nitrogen and oxygen atoms in total. The number of hydrogen-bond acceptors (Lipinski definition) is 21. The van der Waals surface area contributed by atoms with Crippen LogP contribution in [-0.4, -0.2) is 123 Å². The number of anilines is 10. The summed E-state index contributed by atoms with van der Waals surface area (Å²) in [6, 6.07) is 56.4. The standard InChI is InChI=1S/C26H28N6O.C25H25N5O2.C22H24N4O.C19H16N4OS/c1-3-32-23-16-25(27-17-20(23)15-22(26(32)33)19-7-5-4-6-8-19)29-24-10-9-21(18-28-24)31-13-11-30(2)12-14-31;1-2-30-22-15-24(28-23-9-8-20(17-27-23)29-10-12-32-13-11-29)26-16-19(22)14-21(25(30)31)18-6-4-3-5-7-18;1-6-26-18-12-20(25-19-8-7-15(2)13-23-19)24-14-17(18)11-16(21(26)27)9-10-22(3,4)5;1-2-23-16-11-17(22-19-20-8-9-25-19)21-12-14(16)10-15(18(23)24)13-6-4-3-5-7-13/h4-10,15-18H,3,11-14H2,1-2H3,(H,27,28,29);3-9,14-17H,2,10-13H2,1H3,(H,26,27,28);7-8,11-14H,6H2,1-5H3,(H,23,24,25);3-12H,2H2,1H3,(H,20,21,22). The molecule has 2 aliphatic heterocycles. The van der Waals surface area contributed by atoms with Crippen molar-refractivity contribution in [2.24, 2.45) is 5.41 Å². The lowest BCUT2D eigenvalue weighted by molar-refractivity contribution is 0.122. The first-order chi connectivity index (χ1) is 56.9. The Morgan fingerprint density at radius 3 is 1.13 bits per heavy atom. The monoisotopic (exact) mass is 1580 g/mol. The van der Waals surface area contributed by atoms with Crippen LogP contribution in [0.3, 0.4) is 0 Å². The maximum atomic E-state index is 13.2. The van der Waals surface area contributed by atoms with Crippen molar-refractivity contribution >= 4 is 112 Å². The molecule has 15 aromatic rings. The van der Waals surface area contributed by atoms with E-state index in [1.165, 1.54) is 11.3 Å². The van der Waals surface area contributed by atoms with Crippen molar-refractivity contribution in [3.05, 3.63) is 283 Å². The van der Waals surface area contributed by atoms with Crippen LogP contribution in [0.5, 0.6) is 0 Å². The van der Waals surface area contributed by atoms with E-state index in [1.807, 2.05) is 243 Å². The second-order valence-electron chi connectivity index (χ2n) is 29.3. The Hall–Kier alpha value is -13.5. The smallest absolute Gasteiger partial charge is 0.266 e. The molecule has 0 amide bonds. The lowest BCUT2D eigenvalue weighted by Gasteiger charge is -2.33. The van der Waals surface area contributed by atoms with Crippen molar-refractivity contribution in [2.75, 3.05) is 90.6 Å². The third-order valence-corrected chi connectivity index (χ3v) is 20.8. The fourth-order valence-corrected chi connectivity index (χ4v) is 14.5. The maximum Gasteiger partial charge on any atom is 0.266 e. The largest absolute Gasteiger partial charge is 0.378 e. The zero-order chi connectivity index (χ0) is 81.5. The van der Waals surface area contributed by atoms with Gasteiger partial charge in [0.25, 0.3) is 22.2 Å². The summed E-state index contributed by atoms with van der Waals surface area (Å²) >= 11 is 1.51. The molecule has 3 aromatic carbocycles. The molecule has 12 aromatic heterocycles. The van der Waals surface area contributed by atoms with E-state index < -0.39 is 0 Å². The number of pyridine rings is 11. The number of nitrogens with zero attached hydrogens (tertiary/aromatic N) is 15. The van der Waals surface area contributed by atoms with Crippen molar-refractivity contribution in [3.63, 3.8) is 0 Å². The number of thiazole rings is 1. The average molecular weight is 1580 g/mol. The molecule has 14 heterocycles. The van der Waals surface area contributed by atoms with Crippen LogP contribution < -0.4 is 53.3 Å². The van der Waals surface area contributed by atoms with Gasteiger partial charge in [0.2, 0.25) is 0 Å². The van der Waals surface area contributed by atoms with Crippen molar-refractivity contribution < 1.29 is 4.74 Å². The molecule has 4 N–H and O–H groups in total. The number of ether oxygens (including phenoxy) is 1. The van der Waals surface area contributed by atoms with Crippen LogP contribution in [0.25, 0.3) is 77.0 Å². The first-order valence-corrected chi connectivity index (χ1v) is 40.2. The van der Waals surface area contributed by atoms with Crippen LogP contribution in [0, 0.1) is 24.2 Å². The molecule has 25 heteroatoms. The van der Waals surface area contributed by atoms with Crippen molar-refractivity contribution in [3.8, 4) is 45.2 Å². The Balaban J connectivity index is 0.000000129. The van der Waals surface area contributed by atoms with Gasteiger partial charge in [-0.15, -0.1) is 11.3 Å². The second-order valence-corrected chi connectivity index (χ2v) is 30.2. The van der Waals surface area contributed by atoms with Gasteiger partial charge >= 0.3 is 0 Å². The summed E-state index contributed by atoms with van der Waals surface area (Å²) < 4.78 is 12.5. The molecular weight excluding hydrogens is 1480 g/mol. The summed E-state index contributed by atoms with van der Waals surface area (Å²) in [6.45, 7) is 25.7. The average Bonchev–Trinajstić information content (AvgIpc) is 1.28. The third kappa shape index (κ3) is 19.3. The predicted octanol–water partition coefficient (Wildman–Crippen LogP) is 16.6. The zero-order valence-corrected chi connectivity index (χ0v) is 67.9. The number of likely N-dealkylation sites (N-methyl/N-ethyl adjacent to an activating group) is 1. The molecule has 117 heavy (non-hydrogen) atoms. The molecule has 0 saturated carbocycles. The molecule has 592 valence electrons. The number of aromatic nitrogens is 12. The summed E-state index contributed by atoms with van der Waals surface area (Å²) in [4.78, 5) is 94.9. The van der Waals surface area contributed by atoms with E-state index >= 15 is 0 Å². The van der Waals surface area contributed by atoms with Crippen LogP contribution in [-0.2, 0) is 30.9 Å². The lowest BCUT2D eigenvalue weighted by Crippen LogP contribution is -2.44. The van der Waals surface area contributed by atoms with Gasteiger partial charge in [-0.1, -0.05) is 109 Å². The first kappa shape index (κ1) is 80.1. The van der Waals surface area contributed by atoms with E-state index in [0.717, 1.165) is 141 Å². The van der Waals surface area contributed by atoms with Gasteiger partial charge in [-0.2, -0.15) is 0 Å². The molecule has 0 spiro atoms. The molecular formula is C92H93N19O5S. The van der Waals surface area contributed by atoms with E-state index in [9.17, 15) is 19.2 Å². The number of morpholine rings is 1. The molecule has 2 aliphatic rings. The van der Waals surface area contributed by atoms with Crippen LogP contribution >= 0.6 is 11.3 Å². The third-order valence-electron chi connectivity index (χ3n) is 20.1. The lowest BCUT2D eigenvalue weighted by atomic mass is 9.97. The number of fused-ring (bicyclic) bond motifs is 4. The quantitative estimate of drug-likeness (QED) is 0.0618. The molecule has 0 unspecified atom stereocenters. The number of hydrogen-bond donors (Lipinski definition) is 4. The van der Waals surface area contributed by atoms with E-state index in [1.54, 1.807) is 49.3 Å². The van der Waals surface area contributed by atoms with E-state index in [-0.39, 0.29) is 27.7 Å². The Labute approximate surface area is 682 Å². The van der Waals surface area contributed by atoms with Crippen LogP contribution in [0.4, 0.5) is 57.2 Å². The van der Waals surface area contributed by atoms with Gasteiger partial charge in [-0.25, -0.2) is 39.9 Å². The highest BCUT2D eigenvalue weighted by molar-refractivity contribution is 7.13. The highest BCUT2D eigenvalue weighted by Crippen LogP contribution is 2.30. The SMILES string of the molecule is CCn1c(=O)c(-c2ccccc2)cc2cnc(Nc3ccc(N4CCN(C)CC4)cn3)cc21.CCn1c(=O)c(-c2ccccc2)cc2cnc(Nc3ccc(N4CCOCC4)cn3)cc21.CCn1c(=O)c(-c2ccccc2)cc2cnc(Nc3nccs3)cc21.CCn1c(=O)c(C#CC(C)(C)C)cc2cnc(Nc3ccc(C)cn3)cc21. The van der Waals surface area contributed by atoms with Gasteiger partial charge in [-0.05, 0) is 139 Å². The van der Waals surface area contributed by atoms with Crippen LogP contribution in [0.1, 0.15) is 59.6 Å². The van der Waals surface area contributed by atoms with Crippen molar-refractivity contribution in [1.82, 2.24) is 63.0 Å². The minimum atomic E-state index is -0.161. The second kappa shape index (κ2) is 36.7. The van der Waals surface area contributed by atoms with Crippen LogP contribution in [0.15, 0.2) is 250 Å². The summed E-state index contributed by atoms with van der Waals surface area (Å²) in [5.74, 6) is 11.0. The van der Waals surface area contributed by atoms with Gasteiger partial charge in [0, 0.05) is 176 Å². The van der Waals surface area contributed by atoms with E-state index in [4.69, 9.17) is 4.74 Å². The minimum absolute atomic E-state index is 0.00278. The van der Waals surface area contributed by atoms with E-state index in [0.29, 0.717) is 83.3 Å². The van der Waals surface area contributed by atoms with Crippen molar-refractivity contribution in [1.29, 1.82) is 0 Å². The molecule has 17 rings (SSSR count). The molecule has 0 atom stereocenters. The highest BCUT2D eigenvalue weighted by atomic mass is 32.1. The Morgan fingerprint density at radius 1 is 0.402 bits per heavy atom. The van der Waals surface area contributed by atoms with Gasteiger partial charge in [0.15, 0.2) is 5.13 Å². The predicted molar refractivity (Wildman–Crippen MR) is 475 cm³/mol. The molecule has 2 saturated heterocycles. The Bertz CT molecular complexity index is 6290. The normalized spacial score (nSPS) is 12.8. The fraction of sp³-hybridized carbons (Fsp3) is 0.239. The number of aryl methyl sites for hydroxylation is 5. The molecule has 0 aliphatic carbocycles. The maximum absolute atomic E-state index is 13.2. The van der Waals surface area contributed by atoms with Gasteiger partial charge < -0.3 is 59.0 Å². The summed E-state index contributed by atoms with van der Waals surface area (Å²) in [5.41, 5.74) is 11.8. The first-order valence-electron chi connectivity index (χ1n) is 39.3. The number of rotatable bonds is 17. The molecule has 0 bridgehead atoms. The van der Waals surface area contributed by atoms with Gasteiger partial charge in [-0.3, -0.25) is 19.2 Å². The van der Waals surface area contributed by atoms with Crippen LogP contribution in [0.2, 0.25) is 0 Å². The number of piperazine rings is 1. The van der Waals surface area contributed by atoms with E-state index in [2.05, 4.69) is 107 Å². The summed E-state index contributed by atoms with van der Waals surface area (Å²) in [6.07, 6.45) is 14.5. The van der Waals surface area contributed by atoms with Crippen molar-refractivity contribution in [2.45, 2.75) is 81.6 Å². The fourth-order valence-electron chi connectivity index (χ4n) is 13.9. The highest BCUT2D eigenvalue weighted by Gasteiger charge is 2.20. The zero-order valence-electron chi connectivity index (χ0n) is 67.1. The topological polar surface area (TPSA) is 258 Å². The Morgan fingerprint density at radius 2 is 0.769 bits per heavy atom. The summed E-state index contributed by atoms with van der Waals surface area (Å²) in [5, 5.41) is 19.3. The summed E-state index contributed by atoms with van der Waals surface area (Å²) in [7, 11) is 2.15. The number of nitrogens with one attached hydrogen (secondary N) is 4.